The maximum atomic E-state index is 12.4. The lowest BCUT2D eigenvalue weighted by Crippen LogP contribution is -2.41. The fourth-order valence-electron chi connectivity index (χ4n) is 2.96. The van der Waals surface area contributed by atoms with Crippen molar-refractivity contribution in [2.75, 3.05) is 0 Å². The summed E-state index contributed by atoms with van der Waals surface area (Å²) in [5, 5.41) is 15.2. The van der Waals surface area contributed by atoms with Crippen LogP contribution in [0.5, 0.6) is 0 Å². The molecule has 3 aromatic rings. The molecule has 7 nitrogen and oxygen atoms in total. The zero-order valence-corrected chi connectivity index (χ0v) is 13.3. The fourth-order valence-corrected chi connectivity index (χ4v) is 2.96. The molecule has 0 bridgehead atoms. The maximum absolute atomic E-state index is 12.4. The Morgan fingerprint density at radius 2 is 2.12 bits per heavy atom. The van der Waals surface area contributed by atoms with Gasteiger partial charge in [-0.25, -0.2) is 0 Å². The van der Waals surface area contributed by atoms with E-state index in [1.165, 1.54) is 0 Å². The molecule has 3 heterocycles. The van der Waals surface area contributed by atoms with Gasteiger partial charge in [0, 0.05) is 30.6 Å². The van der Waals surface area contributed by atoms with Crippen molar-refractivity contribution < 1.29 is 9.32 Å². The summed E-state index contributed by atoms with van der Waals surface area (Å²) in [7, 11) is 0. The number of hydrogen-bond acceptors (Lipinski definition) is 5. The third-order valence-electron chi connectivity index (χ3n) is 4.27. The van der Waals surface area contributed by atoms with Gasteiger partial charge in [-0.2, -0.15) is 0 Å². The minimum atomic E-state index is -0.246. The van der Waals surface area contributed by atoms with Crippen molar-refractivity contribution in [1.82, 2.24) is 25.2 Å². The highest BCUT2D eigenvalue weighted by atomic mass is 16.5. The SMILES string of the molecule is Cc1nnc2n1C[C@@H](NC(=O)c1cc(-c3ccccc3)no1)CC2. The summed E-state index contributed by atoms with van der Waals surface area (Å²) in [5.74, 6) is 1.82. The molecule has 2 aromatic heterocycles. The van der Waals surface area contributed by atoms with Gasteiger partial charge in [-0.15, -0.1) is 10.2 Å². The van der Waals surface area contributed by atoms with Crippen molar-refractivity contribution >= 4 is 5.91 Å². The van der Waals surface area contributed by atoms with E-state index >= 15 is 0 Å². The number of aryl methyl sites for hydroxylation is 2. The molecular weight excluding hydrogens is 306 g/mol. The maximum Gasteiger partial charge on any atom is 0.290 e. The molecule has 24 heavy (non-hydrogen) atoms. The van der Waals surface area contributed by atoms with Crippen LogP contribution in [0.2, 0.25) is 0 Å². The van der Waals surface area contributed by atoms with Crippen LogP contribution in [0.1, 0.15) is 28.6 Å². The Morgan fingerprint density at radius 1 is 1.29 bits per heavy atom. The van der Waals surface area contributed by atoms with Gasteiger partial charge in [0.25, 0.3) is 5.91 Å². The Kier molecular flexibility index (Phi) is 3.60. The number of rotatable bonds is 3. The first kappa shape index (κ1) is 14.6. The zero-order valence-electron chi connectivity index (χ0n) is 13.3. The lowest BCUT2D eigenvalue weighted by molar-refractivity contribution is 0.0890. The third-order valence-corrected chi connectivity index (χ3v) is 4.27. The zero-order chi connectivity index (χ0) is 16.5. The van der Waals surface area contributed by atoms with Crippen LogP contribution in [0.3, 0.4) is 0 Å². The van der Waals surface area contributed by atoms with Crippen LogP contribution in [0, 0.1) is 6.92 Å². The van der Waals surface area contributed by atoms with E-state index in [1.54, 1.807) is 6.07 Å². The number of nitrogens with zero attached hydrogens (tertiary/aromatic N) is 4. The van der Waals surface area contributed by atoms with Crippen molar-refractivity contribution in [2.45, 2.75) is 32.4 Å². The Labute approximate surface area is 138 Å². The van der Waals surface area contributed by atoms with E-state index in [0.717, 1.165) is 30.1 Å². The van der Waals surface area contributed by atoms with Gasteiger partial charge in [-0.3, -0.25) is 4.79 Å². The van der Waals surface area contributed by atoms with E-state index in [9.17, 15) is 4.79 Å². The highest BCUT2D eigenvalue weighted by Gasteiger charge is 2.24. The number of fused-ring (bicyclic) bond motifs is 1. The summed E-state index contributed by atoms with van der Waals surface area (Å²) in [6.07, 6.45) is 1.64. The van der Waals surface area contributed by atoms with Crippen molar-refractivity contribution in [1.29, 1.82) is 0 Å². The standard InChI is InChI=1S/C17H17N5O2/c1-11-19-20-16-8-7-13(10-22(11)16)18-17(23)15-9-14(21-24-15)12-5-3-2-4-6-12/h2-6,9,13H,7-8,10H2,1H3,(H,18,23)/t13-/m0/s1. The first-order valence-electron chi connectivity index (χ1n) is 7.92. The molecule has 0 spiro atoms. The summed E-state index contributed by atoms with van der Waals surface area (Å²) in [6.45, 7) is 2.60. The van der Waals surface area contributed by atoms with Gasteiger partial charge in [0.15, 0.2) is 0 Å². The first-order chi connectivity index (χ1) is 11.7. The van der Waals surface area contributed by atoms with Crippen LogP contribution in [0.4, 0.5) is 0 Å². The summed E-state index contributed by atoms with van der Waals surface area (Å²) in [5.41, 5.74) is 1.57. The highest BCUT2D eigenvalue weighted by molar-refractivity contribution is 5.92. The molecule has 1 atom stereocenters. The number of aromatic nitrogens is 4. The molecule has 1 aromatic carbocycles. The van der Waals surface area contributed by atoms with E-state index in [-0.39, 0.29) is 17.7 Å². The van der Waals surface area contributed by atoms with E-state index in [1.807, 2.05) is 41.8 Å². The van der Waals surface area contributed by atoms with Gasteiger partial charge in [0.1, 0.15) is 17.3 Å². The topological polar surface area (TPSA) is 85.8 Å². The molecule has 7 heteroatoms. The predicted molar refractivity (Wildman–Crippen MR) is 86.3 cm³/mol. The molecule has 0 fully saturated rings. The molecule has 0 aliphatic carbocycles. The average Bonchev–Trinajstić information content (AvgIpc) is 3.24. The van der Waals surface area contributed by atoms with E-state index in [0.29, 0.717) is 12.2 Å². The second-order valence-electron chi connectivity index (χ2n) is 5.93. The van der Waals surface area contributed by atoms with Crippen LogP contribution in [-0.2, 0) is 13.0 Å². The first-order valence-corrected chi connectivity index (χ1v) is 7.92. The van der Waals surface area contributed by atoms with Gasteiger partial charge in [-0.05, 0) is 13.3 Å². The quantitative estimate of drug-likeness (QED) is 0.796. The number of carbonyl (C=O) groups excluding carboxylic acids is 1. The Morgan fingerprint density at radius 3 is 2.96 bits per heavy atom. The monoisotopic (exact) mass is 323 g/mol. The Hall–Kier alpha value is -2.96. The molecule has 0 saturated heterocycles. The molecule has 1 aliphatic rings. The normalized spacial score (nSPS) is 16.6. The van der Waals surface area contributed by atoms with Gasteiger partial charge < -0.3 is 14.4 Å². The predicted octanol–water partition coefficient (Wildman–Crippen LogP) is 1.99. The lowest BCUT2D eigenvalue weighted by Gasteiger charge is -2.24. The second kappa shape index (κ2) is 5.92. The minimum Gasteiger partial charge on any atom is -0.350 e. The Bertz CT molecular complexity index is 868. The summed E-state index contributed by atoms with van der Waals surface area (Å²) >= 11 is 0. The molecule has 0 saturated carbocycles. The third kappa shape index (κ3) is 2.68. The molecular formula is C17H17N5O2. The Balaban J connectivity index is 1.46. The van der Waals surface area contributed by atoms with E-state index in [4.69, 9.17) is 4.52 Å². The van der Waals surface area contributed by atoms with E-state index in [2.05, 4.69) is 20.7 Å². The van der Waals surface area contributed by atoms with Crippen LogP contribution < -0.4 is 5.32 Å². The molecule has 1 amide bonds. The van der Waals surface area contributed by atoms with Crippen LogP contribution in [0.25, 0.3) is 11.3 Å². The molecule has 122 valence electrons. The highest BCUT2D eigenvalue weighted by Crippen LogP contribution is 2.19. The number of carbonyl (C=O) groups is 1. The number of nitrogens with one attached hydrogen (secondary N) is 1. The summed E-state index contributed by atoms with van der Waals surface area (Å²) < 4.78 is 7.25. The molecule has 4 rings (SSSR count). The van der Waals surface area contributed by atoms with Gasteiger partial charge >= 0.3 is 0 Å². The minimum absolute atomic E-state index is 0.0324. The van der Waals surface area contributed by atoms with E-state index < -0.39 is 0 Å². The molecule has 0 radical (unpaired) electrons. The van der Waals surface area contributed by atoms with Crippen molar-refractivity contribution in [3.05, 3.63) is 53.8 Å². The second-order valence-corrected chi connectivity index (χ2v) is 5.93. The number of amides is 1. The molecule has 1 N–H and O–H groups in total. The summed E-state index contributed by atoms with van der Waals surface area (Å²) in [6, 6.07) is 11.3. The smallest absolute Gasteiger partial charge is 0.290 e. The molecule has 0 unspecified atom stereocenters. The van der Waals surface area contributed by atoms with Crippen molar-refractivity contribution in [3.8, 4) is 11.3 Å². The van der Waals surface area contributed by atoms with Gasteiger partial charge in [-0.1, -0.05) is 35.5 Å². The van der Waals surface area contributed by atoms with Crippen molar-refractivity contribution in [3.63, 3.8) is 0 Å². The largest absolute Gasteiger partial charge is 0.350 e. The van der Waals surface area contributed by atoms with Crippen LogP contribution >= 0.6 is 0 Å². The molecule has 1 aliphatic heterocycles. The average molecular weight is 323 g/mol. The van der Waals surface area contributed by atoms with Gasteiger partial charge in [0.05, 0.1) is 0 Å². The van der Waals surface area contributed by atoms with Gasteiger partial charge in [0.2, 0.25) is 5.76 Å². The number of hydrogen-bond donors (Lipinski definition) is 1. The van der Waals surface area contributed by atoms with Crippen molar-refractivity contribution in [2.24, 2.45) is 0 Å². The van der Waals surface area contributed by atoms with Crippen LogP contribution in [0.15, 0.2) is 40.9 Å². The van der Waals surface area contributed by atoms with Crippen LogP contribution in [-0.4, -0.2) is 31.9 Å². The number of benzene rings is 1. The fraction of sp³-hybridized carbons (Fsp3) is 0.294. The lowest BCUT2D eigenvalue weighted by atomic mass is 10.1. The summed E-state index contributed by atoms with van der Waals surface area (Å²) in [4.78, 5) is 12.4.